The van der Waals surface area contributed by atoms with E-state index >= 15 is 0 Å². The van der Waals surface area contributed by atoms with Crippen molar-refractivity contribution in [3.05, 3.63) is 175 Å². The van der Waals surface area contributed by atoms with E-state index in [9.17, 15) is 8.78 Å². The predicted octanol–water partition coefficient (Wildman–Crippen LogP) is 13.6. The second-order valence-corrected chi connectivity index (χ2v) is 12.9. The summed E-state index contributed by atoms with van der Waals surface area (Å²) in [6.07, 6.45) is 0. The number of rotatable bonds is 5. The molecule has 0 bridgehead atoms. The van der Waals surface area contributed by atoms with E-state index in [0.29, 0.717) is 11.3 Å². The van der Waals surface area contributed by atoms with Crippen molar-refractivity contribution in [3.8, 4) is 22.3 Å². The Morgan fingerprint density at radius 1 is 0.360 bits per heavy atom. The lowest BCUT2D eigenvalue weighted by molar-refractivity contribution is 0.584. The average molecular weight is 648 g/mol. The summed E-state index contributed by atoms with van der Waals surface area (Å²) in [4.78, 5) is 1.83. The highest BCUT2D eigenvalue weighted by Gasteiger charge is 2.18. The van der Waals surface area contributed by atoms with Gasteiger partial charge in [-0.3, -0.25) is 0 Å². The maximum Gasteiger partial charge on any atom is 0.137 e. The van der Waals surface area contributed by atoms with Crippen molar-refractivity contribution >= 4 is 71.3 Å². The molecule has 1 aromatic heterocycles. The third-order valence-electron chi connectivity index (χ3n) is 9.81. The van der Waals surface area contributed by atoms with Crippen LogP contribution in [0.3, 0.4) is 0 Å². The third kappa shape index (κ3) is 4.61. The van der Waals surface area contributed by atoms with Crippen molar-refractivity contribution in [2.75, 3.05) is 4.90 Å². The number of anilines is 3. The third-order valence-corrected chi connectivity index (χ3v) is 9.81. The van der Waals surface area contributed by atoms with Crippen LogP contribution in [0.4, 0.5) is 25.8 Å². The molecule has 9 aromatic carbocycles. The zero-order chi connectivity index (χ0) is 33.3. The second kappa shape index (κ2) is 11.0. The minimum atomic E-state index is -0.637. The van der Waals surface area contributed by atoms with E-state index in [-0.39, 0.29) is 0 Å². The highest BCUT2D eigenvalue weighted by molar-refractivity contribution is 6.24. The first-order valence-corrected chi connectivity index (χ1v) is 16.6. The zero-order valence-corrected chi connectivity index (χ0v) is 26.7. The molecule has 0 atom stereocenters. The minimum Gasteiger partial charge on any atom is -0.456 e. The van der Waals surface area contributed by atoms with Crippen molar-refractivity contribution < 1.29 is 13.2 Å². The van der Waals surface area contributed by atoms with Crippen molar-refractivity contribution in [3.63, 3.8) is 0 Å². The van der Waals surface area contributed by atoms with Crippen molar-refractivity contribution in [2.45, 2.75) is 0 Å². The molecule has 10 aromatic rings. The Kier molecular flexibility index (Phi) is 6.27. The molecule has 1 heterocycles. The topological polar surface area (TPSA) is 16.4 Å². The van der Waals surface area contributed by atoms with Crippen LogP contribution in [0.15, 0.2) is 168 Å². The van der Waals surface area contributed by atoms with Gasteiger partial charge in [0.25, 0.3) is 0 Å². The first kappa shape index (κ1) is 28.5. The molecule has 236 valence electrons. The predicted molar refractivity (Wildman–Crippen MR) is 203 cm³/mol. The lowest BCUT2D eigenvalue weighted by atomic mass is 9.89. The first-order valence-electron chi connectivity index (χ1n) is 16.6. The summed E-state index contributed by atoms with van der Waals surface area (Å²) in [7, 11) is 0. The molecule has 0 aliphatic carbocycles. The Labute approximate surface area is 286 Å². The highest BCUT2D eigenvalue weighted by atomic mass is 19.1. The number of para-hydroxylation sites is 1. The summed E-state index contributed by atoms with van der Waals surface area (Å²) in [5, 5.41) is 9.43. The van der Waals surface area contributed by atoms with Gasteiger partial charge < -0.3 is 9.32 Å². The molecular formula is C46H27F2NO. The van der Waals surface area contributed by atoms with Crippen LogP contribution in [-0.2, 0) is 0 Å². The Morgan fingerprint density at radius 3 is 1.48 bits per heavy atom. The average Bonchev–Trinajstić information content (AvgIpc) is 3.51. The van der Waals surface area contributed by atoms with Gasteiger partial charge in [-0.1, -0.05) is 78.9 Å². The number of halogens is 2. The summed E-state index contributed by atoms with van der Waals surface area (Å²) < 4.78 is 35.3. The molecular weight excluding hydrogens is 621 g/mol. The largest absolute Gasteiger partial charge is 0.456 e. The summed E-state index contributed by atoms with van der Waals surface area (Å²) >= 11 is 0. The van der Waals surface area contributed by atoms with Crippen LogP contribution in [0.5, 0.6) is 0 Å². The molecule has 0 saturated carbocycles. The monoisotopic (exact) mass is 647 g/mol. The van der Waals surface area contributed by atoms with Crippen LogP contribution in [0.1, 0.15) is 0 Å². The molecule has 0 saturated heterocycles. The molecule has 0 unspecified atom stereocenters. The van der Waals surface area contributed by atoms with Crippen molar-refractivity contribution in [1.29, 1.82) is 0 Å². The van der Waals surface area contributed by atoms with Crippen molar-refractivity contribution in [1.82, 2.24) is 0 Å². The Morgan fingerprint density at radius 2 is 0.880 bits per heavy atom. The lowest BCUT2D eigenvalue weighted by Crippen LogP contribution is -2.10. The van der Waals surface area contributed by atoms with E-state index < -0.39 is 11.6 Å². The molecule has 0 N–H and O–H groups in total. The number of benzene rings is 9. The van der Waals surface area contributed by atoms with Gasteiger partial charge in [-0.2, -0.15) is 0 Å². The van der Waals surface area contributed by atoms with Crippen LogP contribution in [0.25, 0.3) is 76.5 Å². The molecule has 2 nitrogen and oxygen atoms in total. The Balaban J connectivity index is 1.07. The standard InChI is InChI=1S/C46H27F2NO/c47-36-24-37(48)26-40(25-36)49(38-9-5-2-6-10-38)39-16-18-42-41-17-15-29(23-43(41)50-44(42)27-39)35-21-32-13-11-30-19-34(28-7-3-1-4-8-28)20-31-12-14-33(22-35)46(32)45(30)31/h1-27H. The van der Waals surface area contributed by atoms with Gasteiger partial charge in [-0.25, -0.2) is 8.78 Å². The smallest absolute Gasteiger partial charge is 0.137 e. The molecule has 50 heavy (non-hydrogen) atoms. The molecule has 0 amide bonds. The SMILES string of the molecule is Fc1cc(F)cc(N(c2ccccc2)c2ccc3c(c2)oc2cc(-c4cc5ccc6cc(-c7ccccc7)cc7ccc(c4)c5c67)ccc23)c1. The fourth-order valence-corrected chi connectivity index (χ4v) is 7.58. The van der Waals surface area contributed by atoms with Crippen LogP contribution in [0.2, 0.25) is 0 Å². The van der Waals surface area contributed by atoms with Gasteiger partial charge in [-0.05, 0) is 127 Å². The van der Waals surface area contributed by atoms with Crippen LogP contribution in [0, 0.1) is 11.6 Å². The molecule has 0 fully saturated rings. The van der Waals surface area contributed by atoms with Crippen molar-refractivity contribution in [2.24, 2.45) is 0 Å². The van der Waals surface area contributed by atoms with Gasteiger partial charge in [0.1, 0.15) is 22.8 Å². The lowest BCUT2D eigenvalue weighted by Gasteiger charge is -2.25. The summed E-state index contributed by atoms with van der Waals surface area (Å²) in [5.41, 5.74) is 7.98. The highest BCUT2D eigenvalue weighted by Crippen LogP contribution is 2.42. The number of nitrogens with zero attached hydrogens (tertiary/aromatic N) is 1. The van der Waals surface area contributed by atoms with E-state index in [0.717, 1.165) is 44.9 Å². The number of hydrogen-bond acceptors (Lipinski definition) is 2. The molecule has 10 rings (SSSR count). The van der Waals surface area contributed by atoms with Gasteiger partial charge in [0.2, 0.25) is 0 Å². The fourth-order valence-electron chi connectivity index (χ4n) is 7.58. The van der Waals surface area contributed by atoms with Crippen LogP contribution in [-0.4, -0.2) is 0 Å². The number of hydrogen-bond donors (Lipinski definition) is 0. The number of fused-ring (bicyclic) bond motifs is 3. The maximum absolute atomic E-state index is 14.4. The molecule has 4 heteroatoms. The van der Waals surface area contributed by atoms with Gasteiger partial charge >= 0.3 is 0 Å². The van der Waals surface area contributed by atoms with E-state index in [1.165, 1.54) is 55.6 Å². The van der Waals surface area contributed by atoms with Gasteiger partial charge in [0.15, 0.2) is 0 Å². The maximum atomic E-state index is 14.4. The molecule has 0 radical (unpaired) electrons. The minimum absolute atomic E-state index is 0.386. The van der Waals surface area contributed by atoms with E-state index in [1.54, 1.807) is 0 Å². The summed E-state index contributed by atoms with van der Waals surface area (Å²) in [5.74, 6) is -1.27. The molecule has 0 aliphatic rings. The van der Waals surface area contributed by atoms with E-state index in [2.05, 4.69) is 97.1 Å². The van der Waals surface area contributed by atoms with E-state index in [1.807, 2.05) is 53.4 Å². The van der Waals surface area contributed by atoms with Crippen LogP contribution >= 0.6 is 0 Å². The number of furan rings is 1. The quantitative estimate of drug-likeness (QED) is 0.173. The summed E-state index contributed by atoms with van der Waals surface area (Å²) in [6.45, 7) is 0. The van der Waals surface area contributed by atoms with Gasteiger partial charge in [0, 0.05) is 34.3 Å². The molecule has 0 spiro atoms. The van der Waals surface area contributed by atoms with E-state index in [4.69, 9.17) is 4.42 Å². The van der Waals surface area contributed by atoms with Crippen LogP contribution < -0.4 is 4.90 Å². The zero-order valence-electron chi connectivity index (χ0n) is 26.7. The normalized spacial score (nSPS) is 11.8. The Bertz CT molecular complexity index is 2810. The summed E-state index contributed by atoms with van der Waals surface area (Å²) in [6, 6.07) is 53.9. The van der Waals surface area contributed by atoms with Gasteiger partial charge in [0.05, 0.1) is 5.69 Å². The Hall–Kier alpha value is -6.52. The second-order valence-electron chi connectivity index (χ2n) is 12.9. The molecule has 0 aliphatic heterocycles. The first-order chi connectivity index (χ1) is 24.6. The van der Waals surface area contributed by atoms with Gasteiger partial charge in [-0.15, -0.1) is 0 Å². The fraction of sp³-hybridized carbons (Fsp3) is 0.